The van der Waals surface area contributed by atoms with Crippen LogP contribution in [0.25, 0.3) is 76.2 Å². The first kappa shape index (κ1) is 23.1. The molecule has 0 saturated carbocycles. The Hall–Kier alpha value is -5.62. The number of rotatable bonds is 0. The third-order valence-corrected chi connectivity index (χ3v) is 8.80. The van der Waals surface area contributed by atoms with Gasteiger partial charge in [-0.25, -0.2) is 0 Å². The summed E-state index contributed by atoms with van der Waals surface area (Å²) in [6.45, 7) is 3.75. The van der Waals surface area contributed by atoms with E-state index in [1.807, 2.05) is 89.4 Å². The van der Waals surface area contributed by atoms with Gasteiger partial charge in [-0.05, 0) is 85.6 Å². The Labute approximate surface area is 235 Å². The molecular formula is C36H20N2O4. The zero-order valence-corrected chi connectivity index (χ0v) is 22.6. The summed E-state index contributed by atoms with van der Waals surface area (Å²) in [5.74, 6) is 0. The molecule has 0 aliphatic rings. The Balaban J connectivity index is 1.69. The molecule has 198 valence electrons. The molecule has 0 aliphatic heterocycles. The van der Waals surface area contributed by atoms with Crippen LogP contribution < -0.4 is 21.7 Å². The average molecular weight is 545 g/mol. The van der Waals surface area contributed by atoms with Crippen LogP contribution in [-0.4, -0.2) is 8.80 Å². The van der Waals surface area contributed by atoms with E-state index in [0.29, 0.717) is 76.2 Å². The summed E-state index contributed by atoms with van der Waals surface area (Å²) in [6, 6.07) is 25.7. The summed E-state index contributed by atoms with van der Waals surface area (Å²) in [5, 5.41) is 3.73. The van der Waals surface area contributed by atoms with Crippen molar-refractivity contribution >= 4 is 76.2 Å². The molecule has 6 heteroatoms. The molecule has 4 heterocycles. The van der Waals surface area contributed by atoms with E-state index in [0.717, 1.165) is 11.1 Å². The first-order valence-electron chi connectivity index (χ1n) is 13.8. The molecule has 9 aromatic rings. The zero-order valence-electron chi connectivity index (χ0n) is 22.6. The third kappa shape index (κ3) is 2.64. The maximum atomic E-state index is 14.2. The second-order valence-electron chi connectivity index (χ2n) is 11.3. The second kappa shape index (κ2) is 7.56. The normalized spacial score (nSPS) is 12.4. The van der Waals surface area contributed by atoms with Crippen molar-refractivity contribution in [2.45, 2.75) is 13.8 Å². The first-order valence-corrected chi connectivity index (χ1v) is 13.8. The smallest absolute Gasteiger partial charge is 0.197 e. The van der Waals surface area contributed by atoms with Crippen LogP contribution in [0.15, 0.2) is 104 Å². The van der Waals surface area contributed by atoms with Gasteiger partial charge in [0.1, 0.15) is 0 Å². The Morgan fingerprint density at radius 2 is 0.738 bits per heavy atom. The highest BCUT2D eigenvalue weighted by Crippen LogP contribution is 2.32. The maximum absolute atomic E-state index is 14.2. The van der Waals surface area contributed by atoms with Crippen molar-refractivity contribution in [3.63, 3.8) is 0 Å². The fraction of sp³-hybridized carbons (Fsp3) is 0.0556. The molecule has 42 heavy (non-hydrogen) atoms. The monoisotopic (exact) mass is 544 g/mol. The van der Waals surface area contributed by atoms with E-state index >= 15 is 0 Å². The van der Waals surface area contributed by atoms with E-state index in [2.05, 4.69) is 0 Å². The van der Waals surface area contributed by atoms with Crippen molar-refractivity contribution in [2.75, 3.05) is 0 Å². The predicted octanol–water partition coefficient (Wildman–Crippen LogP) is 6.04. The van der Waals surface area contributed by atoms with Gasteiger partial charge in [-0.1, -0.05) is 24.3 Å². The van der Waals surface area contributed by atoms with Crippen molar-refractivity contribution < 1.29 is 0 Å². The molecule has 0 amide bonds. The van der Waals surface area contributed by atoms with Gasteiger partial charge in [0.15, 0.2) is 21.7 Å². The fourth-order valence-corrected chi connectivity index (χ4v) is 7.09. The van der Waals surface area contributed by atoms with Crippen LogP contribution in [0, 0.1) is 13.8 Å². The van der Waals surface area contributed by atoms with Crippen LogP contribution in [0.1, 0.15) is 11.1 Å². The standard InChI is InChI=1S/C36H20N2O4/c1-17-11-23-31-25(13-17)35(41)21-15-22-30(16-29(21)37(31)27-9-5-3-7-19(27)33(23)39)38-28-10-6-4-8-20(28)34(40)24-12-18(2)14-26(32(24)38)36(22)42/h3-16H,1-2H3. The Morgan fingerprint density at radius 1 is 0.381 bits per heavy atom. The molecule has 0 atom stereocenters. The largest absolute Gasteiger partial charge is 0.307 e. The van der Waals surface area contributed by atoms with Gasteiger partial charge in [-0.15, -0.1) is 0 Å². The van der Waals surface area contributed by atoms with Crippen molar-refractivity contribution in [1.29, 1.82) is 0 Å². The number of hydrogen-bond donors (Lipinski definition) is 0. The molecular weight excluding hydrogens is 524 g/mol. The summed E-state index contributed by atoms with van der Waals surface area (Å²) in [7, 11) is 0. The van der Waals surface area contributed by atoms with Crippen molar-refractivity contribution in [3.05, 3.63) is 137 Å². The van der Waals surface area contributed by atoms with E-state index in [4.69, 9.17) is 0 Å². The Morgan fingerprint density at radius 3 is 1.14 bits per heavy atom. The molecule has 9 rings (SSSR count). The molecule has 6 nitrogen and oxygen atoms in total. The number of benzene rings is 5. The van der Waals surface area contributed by atoms with E-state index in [-0.39, 0.29) is 21.7 Å². The molecule has 0 radical (unpaired) electrons. The van der Waals surface area contributed by atoms with Crippen LogP contribution in [0.5, 0.6) is 0 Å². The first-order chi connectivity index (χ1) is 20.3. The number of nitrogens with zero attached hydrogens (tertiary/aromatic N) is 2. The van der Waals surface area contributed by atoms with Gasteiger partial charge in [0, 0.05) is 43.1 Å². The quantitative estimate of drug-likeness (QED) is 0.172. The van der Waals surface area contributed by atoms with Crippen molar-refractivity contribution in [2.24, 2.45) is 0 Å². The van der Waals surface area contributed by atoms with Gasteiger partial charge >= 0.3 is 0 Å². The summed E-state index contributed by atoms with van der Waals surface area (Å²) in [4.78, 5) is 55.6. The summed E-state index contributed by atoms with van der Waals surface area (Å²) >= 11 is 0. The Bertz CT molecular complexity index is 2760. The molecule has 5 aromatic carbocycles. The molecule has 4 aromatic heterocycles. The minimum atomic E-state index is -0.228. The number of hydrogen-bond acceptors (Lipinski definition) is 4. The maximum Gasteiger partial charge on any atom is 0.197 e. The molecule has 0 spiro atoms. The van der Waals surface area contributed by atoms with Crippen LogP contribution in [0.4, 0.5) is 0 Å². The highest BCUT2D eigenvalue weighted by atomic mass is 16.1. The minimum absolute atomic E-state index is 0.122. The van der Waals surface area contributed by atoms with E-state index in [1.165, 1.54) is 0 Å². The molecule has 0 bridgehead atoms. The van der Waals surface area contributed by atoms with Crippen LogP contribution in [-0.2, 0) is 0 Å². The minimum Gasteiger partial charge on any atom is -0.307 e. The van der Waals surface area contributed by atoms with Gasteiger partial charge in [-0.2, -0.15) is 0 Å². The Kier molecular flexibility index (Phi) is 4.16. The van der Waals surface area contributed by atoms with E-state index in [1.54, 1.807) is 18.2 Å². The predicted molar refractivity (Wildman–Crippen MR) is 170 cm³/mol. The highest BCUT2D eigenvalue weighted by Gasteiger charge is 2.22. The number of aryl methyl sites for hydroxylation is 2. The SMILES string of the molecule is Cc1cc2c(=O)c3ccccc3n3c4cc5c(cc4c(=O)c(c1)c23)c(=O)c1cc(C)cc2c(=O)c3ccccc3n5c21. The van der Waals surface area contributed by atoms with Gasteiger partial charge < -0.3 is 8.80 Å². The lowest BCUT2D eigenvalue weighted by Crippen LogP contribution is -2.17. The fourth-order valence-electron chi connectivity index (χ4n) is 7.09. The van der Waals surface area contributed by atoms with E-state index < -0.39 is 0 Å². The van der Waals surface area contributed by atoms with Crippen LogP contribution >= 0.6 is 0 Å². The van der Waals surface area contributed by atoms with Crippen molar-refractivity contribution in [1.82, 2.24) is 8.80 Å². The highest BCUT2D eigenvalue weighted by molar-refractivity contribution is 6.13. The summed E-state index contributed by atoms with van der Waals surface area (Å²) < 4.78 is 3.96. The number of para-hydroxylation sites is 2. The van der Waals surface area contributed by atoms with Gasteiger partial charge in [0.05, 0.1) is 33.1 Å². The van der Waals surface area contributed by atoms with Gasteiger partial charge in [-0.3, -0.25) is 19.2 Å². The van der Waals surface area contributed by atoms with Crippen LogP contribution in [0.3, 0.4) is 0 Å². The zero-order chi connectivity index (χ0) is 28.6. The molecule has 0 unspecified atom stereocenters. The van der Waals surface area contributed by atoms with Crippen LogP contribution in [0.2, 0.25) is 0 Å². The van der Waals surface area contributed by atoms with Gasteiger partial charge in [0.2, 0.25) is 0 Å². The number of fused-ring (bicyclic) bond motifs is 8. The molecule has 0 N–H and O–H groups in total. The molecule has 0 fully saturated rings. The molecule has 0 saturated heterocycles. The lowest BCUT2D eigenvalue weighted by Gasteiger charge is -2.18. The third-order valence-electron chi connectivity index (χ3n) is 8.80. The lowest BCUT2D eigenvalue weighted by atomic mass is 9.98. The van der Waals surface area contributed by atoms with Gasteiger partial charge in [0.25, 0.3) is 0 Å². The lowest BCUT2D eigenvalue weighted by molar-refractivity contribution is 1.28. The summed E-state index contributed by atoms with van der Waals surface area (Å²) in [6.07, 6.45) is 0. The molecule has 0 aliphatic carbocycles. The topological polar surface area (TPSA) is 77.1 Å². The second-order valence-corrected chi connectivity index (χ2v) is 11.3. The number of pyridine rings is 4. The number of aromatic nitrogens is 2. The van der Waals surface area contributed by atoms with E-state index in [9.17, 15) is 19.2 Å². The summed E-state index contributed by atoms with van der Waals surface area (Å²) in [5.41, 5.74) is 4.61. The van der Waals surface area contributed by atoms with Crippen molar-refractivity contribution in [3.8, 4) is 0 Å². The average Bonchev–Trinajstić information content (AvgIpc) is 3.00.